The maximum absolute atomic E-state index is 5.68. The van der Waals surface area contributed by atoms with Crippen LogP contribution in [0.5, 0.6) is 0 Å². The lowest BCUT2D eigenvalue weighted by atomic mass is 10.1. The quantitative estimate of drug-likeness (QED) is 0.600. The Labute approximate surface area is 90.9 Å². The Balaban J connectivity index is 2.69. The van der Waals surface area contributed by atoms with Crippen LogP contribution in [0.15, 0.2) is 35.8 Å². The Kier molecular flexibility index (Phi) is 3.92. The first-order valence-electron chi connectivity index (χ1n) is 4.82. The number of hydrogen-bond acceptors (Lipinski definition) is 1. The van der Waals surface area contributed by atoms with E-state index in [0.29, 0.717) is 5.96 Å². The molecule has 15 heavy (non-hydrogen) atoms. The van der Waals surface area contributed by atoms with Gasteiger partial charge in [0.05, 0.1) is 0 Å². The number of benzene rings is 1. The van der Waals surface area contributed by atoms with Crippen molar-refractivity contribution in [1.29, 1.82) is 0 Å². The lowest BCUT2D eigenvalue weighted by molar-refractivity contribution is 0.494. The third-order valence-electron chi connectivity index (χ3n) is 2.26. The average Bonchev–Trinajstić information content (AvgIpc) is 2.29. The Hall–Kier alpha value is -1.77. The molecular formula is C12H17N3. The van der Waals surface area contributed by atoms with Crippen LogP contribution in [0.3, 0.4) is 0 Å². The number of nitrogens with zero attached hydrogens (tertiary/aromatic N) is 2. The summed E-state index contributed by atoms with van der Waals surface area (Å²) in [6.07, 6.45) is 1.83. The average molecular weight is 203 g/mol. The van der Waals surface area contributed by atoms with Gasteiger partial charge in [0, 0.05) is 20.6 Å². The van der Waals surface area contributed by atoms with E-state index in [1.807, 2.05) is 30.2 Å². The summed E-state index contributed by atoms with van der Waals surface area (Å²) >= 11 is 0. The molecule has 0 saturated carbocycles. The van der Waals surface area contributed by atoms with Gasteiger partial charge in [-0.15, -0.1) is 0 Å². The number of nitrogens with two attached hydrogens (primary N) is 1. The molecule has 1 rings (SSSR count). The Morgan fingerprint density at radius 2 is 2.07 bits per heavy atom. The van der Waals surface area contributed by atoms with Gasteiger partial charge in [-0.3, -0.25) is 4.99 Å². The Bertz CT molecular complexity index is 352. The van der Waals surface area contributed by atoms with E-state index < -0.39 is 0 Å². The topological polar surface area (TPSA) is 41.6 Å². The molecule has 0 saturated heterocycles. The summed E-state index contributed by atoms with van der Waals surface area (Å²) in [4.78, 5) is 5.83. The van der Waals surface area contributed by atoms with Gasteiger partial charge < -0.3 is 10.6 Å². The van der Waals surface area contributed by atoms with E-state index in [4.69, 9.17) is 5.73 Å². The first-order chi connectivity index (χ1) is 7.17. The minimum Gasteiger partial charge on any atom is -0.370 e. The van der Waals surface area contributed by atoms with Crippen molar-refractivity contribution >= 4 is 12.0 Å². The highest BCUT2D eigenvalue weighted by Gasteiger charge is 2.01. The second-order valence-corrected chi connectivity index (χ2v) is 3.38. The van der Waals surface area contributed by atoms with E-state index in [0.717, 1.165) is 12.1 Å². The number of rotatable bonds is 3. The fraction of sp³-hybridized carbons (Fsp3) is 0.250. The highest BCUT2D eigenvalue weighted by Crippen LogP contribution is 2.07. The highest BCUT2D eigenvalue weighted by molar-refractivity contribution is 5.77. The molecule has 0 aliphatic rings. The van der Waals surface area contributed by atoms with Gasteiger partial charge >= 0.3 is 0 Å². The van der Waals surface area contributed by atoms with Crippen LogP contribution < -0.4 is 5.73 Å². The smallest absolute Gasteiger partial charge is 0.191 e. The van der Waals surface area contributed by atoms with Crippen LogP contribution in [0.4, 0.5) is 0 Å². The summed E-state index contributed by atoms with van der Waals surface area (Å²) in [5.74, 6) is 0.544. The van der Waals surface area contributed by atoms with E-state index in [9.17, 15) is 0 Å². The summed E-state index contributed by atoms with van der Waals surface area (Å²) in [7, 11) is 3.61. The number of aliphatic imine (C=N–C) groups is 1. The van der Waals surface area contributed by atoms with Crippen molar-refractivity contribution in [3.8, 4) is 0 Å². The van der Waals surface area contributed by atoms with Crippen LogP contribution >= 0.6 is 0 Å². The molecular weight excluding hydrogens is 186 g/mol. The van der Waals surface area contributed by atoms with E-state index in [-0.39, 0.29) is 0 Å². The highest BCUT2D eigenvalue weighted by atomic mass is 15.2. The predicted octanol–water partition coefficient (Wildman–Crippen LogP) is 1.71. The van der Waals surface area contributed by atoms with Gasteiger partial charge in [-0.2, -0.15) is 0 Å². The molecule has 2 N–H and O–H groups in total. The van der Waals surface area contributed by atoms with Crippen molar-refractivity contribution in [3.05, 3.63) is 42.0 Å². The van der Waals surface area contributed by atoms with E-state index >= 15 is 0 Å². The fourth-order valence-corrected chi connectivity index (χ4v) is 1.28. The Morgan fingerprint density at radius 3 is 2.53 bits per heavy atom. The van der Waals surface area contributed by atoms with Crippen LogP contribution in [0, 0.1) is 0 Å². The third kappa shape index (κ3) is 3.13. The molecule has 0 aromatic heterocycles. The minimum atomic E-state index is 0.544. The normalized spacial score (nSPS) is 11.2. The molecule has 0 fully saturated rings. The van der Waals surface area contributed by atoms with Crippen molar-refractivity contribution in [3.63, 3.8) is 0 Å². The number of hydrogen-bond donors (Lipinski definition) is 1. The fourth-order valence-electron chi connectivity index (χ4n) is 1.28. The van der Waals surface area contributed by atoms with Gasteiger partial charge in [0.15, 0.2) is 5.96 Å². The van der Waals surface area contributed by atoms with E-state index in [2.05, 4.69) is 23.7 Å². The molecule has 1 aromatic carbocycles. The summed E-state index contributed by atoms with van der Waals surface area (Å²) in [5, 5.41) is 0. The molecule has 0 spiro atoms. The molecule has 0 heterocycles. The summed E-state index contributed by atoms with van der Waals surface area (Å²) < 4.78 is 0. The molecule has 0 atom stereocenters. The van der Waals surface area contributed by atoms with E-state index in [1.54, 1.807) is 7.05 Å². The summed E-state index contributed by atoms with van der Waals surface area (Å²) in [5.41, 5.74) is 8.01. The first kappa shape index (κ1) is 11.3. The zero-order chi connectivity index (χ0) is 11.3. The number of guanidine groups is 1. The van der Waals surface area contributed by atoms with Crippen molar-refractivity contribution in [1.82, 2.24) is 4.90 Å². The van der Waals surface area contributed by atoms with Gasteiger partial charge in [0.1, 0.15) is 0 Å². The van der Waals surface area contributed by atoms with Gasteiger partial charge in [-0.1, -0.05) is 36.9 Å². The molecule has 1 aromatic rings. The molecule has 0 radical (unpaired) electrons. The van der Waals surface area contributed by atoms with Crippen molar-refractivity contribution in [2.45, 2.75) is 6.54 Å². The zero-order valence-corrected chi connectivity index (χ0v) is 9.27. The van der Waals surface area contributed by atoms with Crippen LogP contribution in [-0.4, -0.2) is 25.0 Å². The van der Waals surface area contributed by atoms with Crippen molar-refractivity contribution in [2.75, 3.05) is 14.1 Å². The second-order valence-electron chi connectivity index (χ2n) is 3.38. The van der Waals surface area contributed by atoms with Gasteiger partial charge in [-0.05, 0) is 11.1 Å². The minimum absolute atomic E-state index is 0.544. The summed E-state index contributed by atoms with van der Waals surface area (Å²) in [6.45, 7) is 4.48. The molecule has 80 valence electrons. The third-order valence-corrected chi connectivity index (χ3v) is 2.26. The molecule has 3 nitrogen and oxygen atoms in total. The molecule has 0 bridgehead atoms. The van der Waals surface area contributed by atoms with Crippen molar-refractivity contribution in [2.24, 2.45) is 10.7 Å². The van der Waals surface area contributed by atoms with Gasteiger partial charge in [-0.25, -0.2) is 0 Å². The standard InChI is InChI=1S/C12H17N3/c1-4-10-5-7-11(8-6-10)9-15(3)12(13)14-2/h4-8H,1,9H2,2-3H3,(H2,13,14). The van der Waals surface area contributed by atoms with Crippen LogP contribution in [0.25, 0.3) is 6.08 Å². The lowest BCUT2D eigenvalue weighted by Gasteiger charge is -2.17. The van der Waals surface area contributed by atoms with Crippen LogP contribution in [0.1, 0.15) is 11.1 Å². The zero-order valence-electron chi connectivity index (χ0n) is 9.27. The van der Waals surface area contributed by atoms with E-state index in [1.165, 1.54) is 5.56 Å². The predicted molar refractivity (Wildman–Crippen MR) is 65.5 cm³/mol. The molecule has 0 aliphatic heterocycles. The van der Waals surface area contributed by atoms with Crippen molar-refractivity contribution < 1.29 is 0 Å². The molecule has 0 aliphatic carbocycles. The van der Waals surface area contributed by atoms with Crippen LogP contribution in [0.2, 0.25) is 0 Å². The SMILES string of the molecule is C=Cc1ccc(CN(C)C(N)=NC)cc1. The first-order valence-corrected chi connectivity index (χ1v) is 4.82. The largest absolute Gasteiger partial charge is 0.370 e. The summed E-state index contributed by atoms with van der Waals surface area (Å²) in [6, 6.07) is 8.21. The molecule has 0 unspecified atom stereocenters. The lowest BCUT2D eigenvalue weighted by Crippen LogP contribution is -2.33. The second kappa shape index (κ2) is 5.20. The molecule has 0 amide bonds. The van der Waals surface area contributed by atoms with Crippen LogP contribution in [-0.2, 0) is 6.54 Å². The maximum Gasteiger partial charge on any atom is 0.191 e. The van der Waals surface area contributed by atoms with Gasteiger partial charge in [0.2, 0.25) is 0 Å². The van der Waals surface area contributed by atoms with Gasteiger partial charge in [0.25, 0.3) is 0 Å². The Morgan fingerprint density at radius 1 is 1.47 bits per heavy atom. The monoisotopic (exact) mass is 203 g/mol. The molecule has 3 heteroatoms. The maximum atomic E-state index is 5.68.